The molecule has 2 aliphatic rings. The number of amides is 1. The lowest BCUT2D eigenvalue weighted by Gasteiger charge is -2.33. The minimum absolute atomic E-state index is 0.0700. The van der Waals surface area contributed by atoms with Crippen molar-refractivity contribution in [2.75, 3.05) is 13.1 Å². The molecule has 0 aliphatic carbocycles. The van der Waals surface area contributed by atoms with Gasteiger partial charge in [0.2, 0.25) is 15.9 Å². The lowest BCUT2D eigenvalue weighted by molar-refractivity contribution is -0.135. The zero-order valence-electron chi connectivity index (χ0n) is 16.4. The van der Waals surface area contributed by atoms with Crippen molar-refractivity contribution >= 4 is 15.9 Å². The fourth-order valence-electron chi connectivity index (χ4n) is 4.18. The van der Waals surface area contributed by atoms with Gasteiger partial charge in [-0.3, -0.25) is 4.79 Å². The zero-order chi connectivity index (χ0) is 19.9. The number of sulfonamides is 1. The van der Waals surface area contributed by atoms with Crippen LogP contribution in [-0.2, 0) is 27.8 Å². The van der Waals surface area contributed by atoms with Gasteiger partial charge < -0.3 is 4.90 Å². The first-order valence-corrected chi connectivity index (χ1v) is 11.3. The molecule has 0 aromatic heterocycles. The number of nitrogens with zero attached hydrogens (tertiary/aromatic N) is 2. The van der Waals surface area contributed by atoms with Gasteiger partial charge in [0.1, 0.15) is 6.04 Å². The Morgan fingerprint density at radius 1 is 1.00 bits per heavy atom. The number of aryl methyl sites for hydroxylation is 2. The Labute approximate surface area is 167 Å². The van der Waals surface area contributed by atoms with Crippen molar-refractivity contribution in [2.24, 2.45) is 0 Å². The number of hydrogen-bond acceptors (Lipinski definition) is 3. The maximum Gasteiger partial charge on any atom is 0.243 e. The highest BCUT2D eigenvalue weighted by molar-refractivity contribution is 7.89. The van der Waals surface area contributed by atoms with Crippen LogP contribution in [0.15, 0.2) is 47.4 Å². The summed E-state index contributed by atoms with van der Waals surface area (Å²) in [7, 11) is -3.69. The van der Waals surface area contributed by atoms with Crippen molar-refractivity contribution in [3.63, 3.8) is 0 Å². The Balaban J connectivity index is 1.58. The molecule has 4 rings (SSSR count). The smallest absolute Gasteiger partial charge is 0.243 e. The minimum atomic E-state index is -3.69. The molecule has 2 aromatic carbocycles. The standard InChI is InChI=1S/C22H26N2O3S/c1-16-9-10-20(14-17(16)2)28(26,27)24-12-5-8-21(24)22(25)23-13-11-18-6-3-4-7-19(18)15-23/h3-4,6-7,9-10,14,21H,5,8,11-13,15H2,1-2H3. The third-order valence-electron chi connectivity index (χ3n) is 6.02. The molecule has 0 saturated carbocycles. The van der Waals surface area contributed by atoms with Crippen LogP contribution in [0.1, 0.15) is 35.1 Å². The summed E-state index contributed by atoms with van der Waals surface area (Å²) in [6.45, 7) is 5.47. The molecule has 2 aliphatic heterocycles. The fraction of sp³-hybridized carbons (Fsp3) is 0.409. The molecule has 5 nitrogen and oxygen atoms in total. The summed E-state index contributed by atoms with van der Waals surface area (Å²) in [5.74, 6) is -0.0700. The quantitative estimate of drug-likeness (QED) is 0.799. The minimum Gasteiger partial charge on any atom is -0.337 e. The van der Waals surface area contributed by atoms with E-state index >= 15 is 0 Å². The molecule has 2 heterocycles. The molecule has 0 N–H and O–H groups in total. The van der Waals surface area contributed by atoms with Gasteiger partial charge in [0.25, 0.3) is 0 Å². The van der Waals surface area contributed by atoms with Gasteiger partial charge in [0.05, 0.1) is 4.90 Å². The van der Waals surface area contributed by atoms with E-state index in [4.69, 9.17) is 0 Å². The Morgan fingerprint density at radius 3 is 2.50 bits per heavy atom. The van der Waals surface area contributed by atoms with Crippen LogP contribution in [0.2, 0.25) is 0 Å². The lowest BCUT2D eigenvalue weighted by Crippen LogP contribution is -2.49. The SMILES string of the molecule is Cc1ccc(S(=O)(=O)N2CCCC2C(=O)N2CCc3ccccc3C2)cc1C. The van der Waals surface area contributed by atoms with E-state index in [1.807, 2.05) is 43.0 Å². The molecule has 1 fully saturated rings. The van der Waals surface area contributed by atoms with E-state index in [0.29, 0.717) is 32.5 Å². The van der Waals surface area contributed by atoms with Crippen LogP contribution in [0.3, 0.4) is 0 Å². The second-order valence-corrected chi connectivity index (χ2v) is 9.69. The average Bonchev–Trinajstić information content (AvgIpc) is 3.20. The molecule has 6 heteroatoms. The summed E-state index contributed by atoms with van der Waals surface area (Å²) in [6.07, 6.45) is 2.12. The number of carbonyl (C=O) groups excluding carboxylic acids is 1. The van der Waals surface area contributed by atoms with Crippen LogP contribution in [0.25, 0.3) is 0 Å². The van der Waals surface area contributed by atoms with Crippen molar-refractivity contribution in [3.05, 3.63) is 64.7 Å². The summed E-state index contributed by atoms with van der Waals surface area (Å²) >= 11 is 0. The Morgan fingerprint density at radius 2 is 1.75 bits per heavy atom. The Bertz CT molecular complexity index is 1020. The van der Waals surface area contributed by atoms with Gasteiger partial charge in [-0.05, 0) is 67.5 Å². The van der Waals surface area contributed by atoms with Crippen molar-refractivity contribution < 1.29 is 13.2 Å². The lowest BCUT2D eigenvalue weighted by atomic mass is 9.99. The van der Waals surface area contributed by atoms with Gasteiger partial charge >= 0.3 is 0 Å². The molecule has 1 saturated heterocycles. The van der Waals surface area contributed by atoms with Gasteiger partial charge in [-0.1, -0.05) is 30.3 Å². The second-order valence-electron chi connectivity index (χ2n) is 7.80. The van der Waals surface area contributed by atoms with Crippen molar-refractivity contribution in [2.45, 2.75) is 50.6 Å². The second kappa shape index (κ2) is 7.33. The van der Waals surface area contributed by atoms with Gasteiger partial charge in [0, 0.05) is 19.6 Å². The van der Waals surface area contributed by atoms with Gasteiger partial charge in [-0.15, -0.1) is 0 Å². The number of rotatable bonds is 3. The normalized spacial score (nSPS) is 20.2. The Kier molecular flexibility index (Phi) is 5.02. The van der Waals surface area contributed by atoms with E-state index in [2.05, 4.69) is 6.07 Å². The Hall–Kier alpha value is -2.18. The van der Waals surface area contributed by atoms with Crippen LogP contribution in [-0.4, -0.2) is 42.7 Å². The molecule has 0 radical (unpaired) electrons. The molecule has 1 amide bonds. The van der Waals surface area contributed by atoms with Crippen LogP contribution < -0.4 is 0 Å². The average molecular weight is 399 g/mol. The third kappa shape index (κ3) is 3.35. The molecule has 28 heavy (non-hydrogen) atoms. The first-order valence-electron chi connectivity index (χ1n) is 9.82. The molecule has 0 spiro atoms. The summed E-state index contributed by atoms with van der Waals surface area (Å²) < 4.78 is 27.9. The van der Waals surface area contributed by atoms with Crippen LogP contribution in [0, 0.1) is 13.8 Å². The summed E-state index contributed by atoms with van der Waals surface area (Å²) in [4.78, 5) is 15.3. The van der Waals surface area contributed by atoms with Gasteiger partial charge in [0.15, 0.2) is 0 Å². The number of fused-ring (bicyclic) bond motifs is 1. The van der Waals surface area contributed by atoms with Gasteiger partial charge in [-0.25, -0.2) is 8.42 Å². The van der Waals surface area contributed by atoms with Gasteiger partial charge in [-0.2, -0.15) is 4.31 Å². The first-order chi connectivity index (χ1) is 13.4. The fourth-order valence-corrected chi connectivity index (χ4v) is 5.92. The number of carbonyl (C=O) groups is 1. The maximum atomic E-state index is 13.2. The van der Waals surface area contributed by atoms with Crippen LogP contribution >= 0.6 is 0 Å². The largest absolute Gasteiger partial charge is 0.337 e. The van der Waals surface area contributed by atoms with E-state index in [1.165, 1.54) is 9.87 Å². The third-order valence-corrected chi connectivity index (χ3v) is 7.92. The van der Waals surface area contributed by atoms with Crippen molar-refractivity contribution in [3.8, 4) is 0 Å². The molecule has 0 bridgehead atoms. The van der Waals surface area contributed by atoms with Crippen LogP contribution in [0.5, 0.6) is 0 Å². The van der Waals surface area contributed by atoms with E-state index < -0.39 is 16.1 Å². The number of benzene rings is 2. The predicted molar refractivity (Wildman–Crippen MR) is 108 cm³/mol. The number of hydrogen-bond donors (Lipinski definition) is 0. The van der Waals surface area contributed by atoms with Crippen molar-refractivity contribution in [1.29, 1.82) is 0 Å². The van der Waals surface area contributed by atoms with E-state index in [-0.39, 0.29) is 10.8 Å². The predicted octanol–water partition coefficient (Wildman–Crippen LogP) is 3.04. The molecular weight excluding hydrogens is 372 g/mol. The zero-order valence-corrected chi connectivity index (χ0v) is 17.2. The monoisotopic (exact) mass is 398 g/mol. The molecular formula is C22H26N2O3S. The highest BCUT2D eigenvalue weighted by Crippen LogP contribution is 2.29. The highest BCUT2D eigenvalue weighted by Gasteiger charge is 2.41. The molecule has 1 atom stereocenters. The van der Waals surface area contributed by atoms with Crippen molar-refractivity contribution in [1.82, 2.24) is 9.21 Å². The summed E-state index contributed by atoms with van der Waals surface area (Å²) in [6, 6.07) is 12.7. The summed E-state index contributed by atoms with van der Waals surface area (Å²) in [5.41, 5.74) is 4.43. The molecule has 148 valence electrons. The highest BCUT2D eigenvalue weighted by atomic mass is 32.2. The van der Waals surface area contributed by atoms with E-state index in [1.54, 1.807) is 12.1 Å². The summed E-state index contributed by atoms with van der Waals surface area (Å²) in [5, 5.41) is 0. The van der Waals surface area contributed by atoms with E-state index in [9.17, 15) is 13.2 Å². The van der Waals surface area contributed by atoms with E-state index in [0.717, 1.165) is 23.1 Å². The first kappa shape index (κ1) is 19.2. The van der Waals surface area contributed by atoms with Crippen LogP contribution in [0.4, 0.5) is 0 Å². The molecule has 1 unspecified atom stereocenters. The molecule has 2 aromatic rings. The topological polar surface area (TPSA) is 57.7 Å². The maximum absolute atomic E-state index is 13.2.